The smallest absolute Gasteiger partial charge is 0.220 e. The summed E-state index contributed by atoms with van der Waals surface area (Å²) >= 11 is 0. The lowest BCUT2D eigenvalue weighted by Crippen LogP contribution is -2.45. The lowest BCUT2D eigenvalue weighted by Gasteiger charge is -2.33. The van der Waals surface area contributed by atoms with E-state index in [0.29, 0.717) is 18.6 Å². The number of morpholine rings is 1. The Balaban J connectivity index is 1.46. The quantitative estimate of drug-likeness (QED) is 0.895. The summed E-state index contributed by atoms with van der Waals surface area (Å²) in [5.74, 6) is 1.02. The molecule has 1 aromatic carbocycles. The van der Waals surface area contributed by atoms with Gasteiger partial charge in [-0.25, -0.2) is 0 Å². The van der Waals surface area contributed by atoms with Crippen molar-refractivity contribution in [3.05, 3.63) is 29.3 Å². The molecule has 5 nitrogen and oxygen atoms in total. The molecule has 132 valence electrons. The van der Waals surface area contributed by atoms with E-state index in [4.69, 9.17) is 9.47 Å². The SMILES string of the molecule is COc1cc(CCC(=O)N[C@H]2C[C@H]3CO[C@@H](C)CN3C2)ccc1C. The first-order chi connectivity index (χ1) is 11.5. The molecule has 3 rings (SSSR count). The zero-order chi connectivity index (χ0) is 17.1. The second kappa shape index (κ2) is 7.53. The molecule has 1 amide bonds. The molecule has 0 aromatic heterocycles. The highest BCUT2D eigenvalue weighted by atomic mass is 16.5. The summed E-state index contributed by atoms with van der Waals surface area (Å²) in [4.78, 5) is 14.7. The molecular weight excluding hydrogens is 304 g/mol. The number of hydrogen-bond donors (Lipinski definition) is 1. The van der Waals surface area contributed by atoms with Crippen molar-refractivity contribution in [2.75, 3.05) is 26.8 Å². The van der Waals surface area contributed by atoms with E-state index in [1.807, 2.05) is 19.1 Å². The Morgan fingerprint density at radius 2 is 2.25 bits per heavy atom. The third-order valence-corrected chi connectivity index (χ3v) is 5.07. The van der Waals surface area contributed by atoms with Crippen molar-refractivity contribution in [1.29, 1.82) is 0 Å². The minimum atomic E-state index is 0.133. The van der Waals surface area contributed by atoms with Crippen LogP contribution in [0.1, 0.15) is 30.9 Å². The number of benzene rings is 1. The molecule has 0 aliphatic carbocycles. The van der Waals surface area contributed by atoms with Crippen LogP contribution >= 0.6 is 0 Å². The van der Waals surface area contributed by atoms with Crippen LogP contribution in [-0.2, 0) is 16.0 Å². The van der Waals surface area contributed by atoms with Crippen molar-refractivity contribution < 1.29 is 14.3 Å². The summed E-state index contributed by atoms with van der Waals surface area (Å²) in [6.07, 6.45) is 2.55. The number of nitrogens with one attached hydrogen (secondary N) is 1. The molecule has 5 heteroatoms. The number of rotatable bonds is 5. The van der Waals surface area contributed by atoms with Crippen LogP contribution in [0.25, 0.3) is 0 Å². The molecule has 0 unspecified atom stereocenters. The minimum Gasteiger partial charge on any atom is -0.496 e. The average molecular weight is 332 g/mol. The van der Waals surface area contributed by atoms with Crippen LogP contribution in [-0.4, -0.2) is 55.8 Å². The highest BCUT2D eigenvalue weighted by molar-refractivity contribution is 5.76. The lowest BCUT2D eigenvalue weighted by molar-refractivity contribution is -0.121. The highest BCUT2D eigenvalue weighted by Gasteiger charge is 2.36. The molecule has 1 aromatic rings. The molecule has 24 heavy (non-hydrogen) atoms. The summed E-state index contributed by atoms with van der Waals surface area (Å²) < 4.78 is 11.1. The number of fused-ring (bicyclic) bond motifs is 1. The first-order valence-corrected chi connectivity index (χ1v) is 8.83. The second-order valence-electron chi connectivity index (χ2n) is 7.06. The molecule has 3 atom stereocenters. The van der Waals surface area contributed by atoms with Crippen LogP contribution in [0.2, 0.25) is 0 Å². The maximum atomic E-state index is 12.3. The van der Waals surface area contributed by atoms with Crippen LogP contribution < -0.4 is 10.1 Å². The van der Waals surface area contributed by atoms with Crippen LogP contribution in [0.5, 0.6) is 5.75 Å². The molecule has 2 fully saturated rings. The molecule has 1 N–H and O–H groups in total. The largest absolute Gasteiger partial charge is 0.496 e. The number of hydrogen-bond acceptors (Lipinski definition) is 4. The van der Waals surface area contributed by atoms with Gasteiger partial charge in [0.05, 0.1) is 19.8 Å². The van der Waals surface area contributed by atoms with Gasteiger partial charge >= 0.3 is 0 Å². The average Bonchev–Trinajstić information content (AvgIpc) is 2.95. The Morgan fingerprint density at radius 3 is 3.04 bits per heavy atom. The van der Waals surface area contributed by atoms with Crippen LogP contribution in [0.15, 0.2) is 18.2 Å². The van der Waals surface area contributed by atoms with Gasteiger partial charge in [0.25, 0.3) is 0 Å². The molecule has 0 spiro atoms. The number of nitrogens with zero attached hydrogens (tertiary/aromatic N) is 1. The zero-order valence-corrected chi connectivity index (χ0v) is 14.9. The number of amides is 1. The molecule has 2 saturated heterocycles. The predicted molar refractivity (Wildman–Crippen MR) is 93.4 cm³/mol. The van der Waals surface area contributed by atoms with Gasteiger partial charge in [-0.2, -0.15) is 0 Å². The lowest BCUT2D eigenvalue weighted by atomic mass is 10.1. The standard InChI is InChI=1S/C19H28N2O3/c1-13-4-5-15(8-18(13)23-3)6-7-19(22)20-16-9-17-12-24-14(2)10-21(17)11-16/h4-5,8,14,16-17H,6-7,9-12H2,1-3H3,(H,20,22)/t14-,16-,17-/m0/s1. The number of methoxy groups -OCH3 is 1. The van der Waals surface area contributed by atoms with E-state index >= 15 is 0 Å². The van der Waals surface area contributed by atoms with Gasteiger partial charge in [-0.15, -0.1) is 0 Å². The first-order valence-electron chi connectivity index (χ1n) is 8.83. The van der Waals surface area contributed by atoms with E-state index in [-0.39, 0.29) is 11.9 Å². The Morgan fingerprint density at radius 1 is 1.42 bits per heavy atom. The van der Waals surface area contributed by atoms with Crippen molar-refractivity contribution in [2.24, 2.45) is 0 Å². The van der Waals surface area contributed by atoms with Gasteiger partial charge < -0.3 is 14.8 Å². The van der Waals surface area contributed by atoms with E-state index in [2.05, 4.69) is 23.2 Å². The van der Waals surface area contributed by atoms with Crippen LogP contribution in [0, 0.1) is 6.92 Å². The van der Waals surface area contributed by atoms with E-state index in [1.54, 1.807) is 7.11 Å². The molecular formula is C19H28N2O3. The third-order valence-electron chi connectivity index (χ3n) is 5.07. The molecule has 2 aliphatic rings. The normalized spacial score (nSPS) is 26.9. The summed E-state index contributed by atoms with van der Waals surface area (Å²) in [5, 5.41) is 3.19. The fourth-order valence-electron chi connectivity index (χ4n) is 3.72. The first kappa shape index (κ1) is 17.2. The summed E-state index contributed by atoms with van der Waals surface area (Å²) in [6, 6.07) is 6.86. The van der Waals surface area contributed by atoms with E-state index < -0.39 is 0 Å². The van der Waals surface area contributed by atoms with Crippen LogP contribution in [0.4, 0.5) is 0 Å². The fourth-order valence-corrected chi connectivity index (χ4v) is 3.72. The molecule has 2 heterocycles. The minimum absolute atomic E-state index is 0.133. The van der Waals surface area contributed by atoms with Crippen molar-refractivity contribution in [3.8, 4) is 5.75 Å². The summed E-state index contributed by atoms with van der Waals surface area (Å²) in [5.41, 5.74) is 2.25. The van der Waals surface area contributed by atoms with Crippen molar-refractivity contribution >= 4 is 5.91 Å². The third kappa shape index (κ3) is 4.08. The Labute approximate surface area is 144 Å². The topological polar surface area (TPSA) is 50.8 Å². The van der Waals surface area contributed by atoms with Gasteiger partial charge in [0.1, 0.15) is 5.75 Å². The van der Waals surface area contributed by atoms with E-state index in [9.17, 15) is 4.79 Å². The zero-order valence-electron chi connectivity index (χ0n) is 14.9. The maximum absolute atomic E-state index is 12.3. The Hall–Kier alpha value is -1.59. The van der Waals surface area contributed by atoms with E-state index in [0.717, 1.165) is 49.4 Å². The van der Waals surface area contributed by atoms with Gasteiger partial charge in [-0.3, -0.25) is 9.69 Å². The Kier molecular flexibility index (Phi) is 5.41. The Bertz CT molecular complexity index is 590. The molecule has 0 saturated carbocycles. The van der Waals surface area contributed by atoms with Gasteiger partial charge in [-0.05, 0) is 43.9 Å². The molecule has 0 radical (unpaired) electrons. The highest BCUT2D eigenvalue weighted by Crippen LogP contribution is 2.23. The predicted octanol–water partition coefficient (Wildman–Crippen LogP) is 1.91. The number of aryl methyl sites for hydroxylation is 2. The van der Waals surface area contributed by atoms with Gasteiger partial charge in [-0.1, -0.05) is 12.1 Å². The van der Waals surface area contributed by atoms with Crippen LogP contribution in [0.3, 0.4) is 0 Å². The number of ether oxygens (including phenoxy) is 2. The van der Waals surface area contributed by atoms with Gasteiger partial charge in [0.15, 0.2) is 0 Å². The number of carbonyl (C=O) groups excluding carboxylic acids is 1. The monoisotopic (exact) mass is 332 g/mol. The second-order valence-corrected chi connectivity index (χ2v) is 7.06. The maximum Gasteiger partial charge on any atom is 0.220 e. The summed E-state index contributed by atoms with van der Waals surface area (Å²) in [7, 11) is 1.68. The fraction of sp³-hybridized carbons (Fsp3) is 0.632. The van der Waals surface area contributed by atoms with Gasteiger partial charge in [0, 0.05) is 31.6 Å². The molecule has 2 aliphatic heterocycles. The molecule has 0 bridgehead atoms. The van der Waals surface area contributed by atoms with Crippen molar-refractivity contribution in [1.82, 2.24) is 10.2 Å². The number of carbonyl (C=O) groups is 1. The van der Waals surface area contributed by atoms with Gasteiger partial charge in [0.2, 0.25) is 5.91 Å². The summed E-state index contributed by atoms with van der Waals surface area (Å²) in [6.45, 7) is 6.84. The van der Waals surface area contributed by atoms with E-state index in [1.165, 1.54) is 0 Å². The van der Waals surface area contributed by atoms with Crippen molar-refractivity contribution in [3.63, 3.8) is 0 Å². The van der Waals surface area contributed by atoms with Crippen molar-refractivity contribution in [2.45, 2.75) is 51.3 Å².